The van der Waals surface area contributed by atoms with E-state index < -0.39 is 11.5 Å². The first-order valence-electron chi connectivity index (χ1n) is 16.1. The summed E-state index contributed by atoms with van der Waals surface area (Å²) < 4.78 is 10.7. The zero-order valence-corrected chi connectivity index (χ0v) is 29.2. The molecule has 4 heterocycles. The highest BCUT2D eigenvalue weighted by Gasteiger charge is 2.27. The van der Waals surface area contributed by atoms with E-state index in [1.807, 2.05) is 98.7 Å². The molecule has 1 aromatic carbocycles. The number of aromatic nitrogens is 5. The first-order chi connectivity index (χ1) is 22.6. The van der Waals surface area contributed by atoms with Crippen LogP contribution in [0, 0.1) is 13.8 Å². The van der Waals surface area contributed by atoms with Gasteiger partial charge in [-0.05, 0) is 70.9 Å². The van der Waals surface area contributed by atoms with E-state index in [-0.39, 0.29) is 23.4 Å². The number of piperazine rings is 1. The fourth-order valence-corrected chi connectivity index (χ4v) is 5.41. The van der Waals surface area contributed by atoms with Crippen molar-refractivity contribution in [2.45, 2.75) is 79.4 Å². The molecule has 1 saturated heterocycles. The summed E-state index contributed by atoms with van der Waals surface area (Å²) in [6.45, 7) is 20.0. The van der Waals surface area contributed by atoms with E-state index in [1.54, 1.807) is 4.90 Å². The first-order valence-corrected chi connectivity index (χ1v) is 16.1. The molecule has 0 spiro atoms. The lowest BCUT2D eigenvalue weighted by molar-refractivity contribution is 0.0240. The zero-order valence-electron chi connectivity index (χ0n) is 29.2. The number of ether oxygens (including phenoxy) is 1. The van der Waals surface area contributed by atoms with Gasteiger partial charge in [0.2, 0.25) is 0 Å². The lowest BCUT2D eigenvalue weighted by Gasteiger charge is -2.37. The Morgan fingerprint density at radius 3 is 2.27 bits per heavy atom. The average Bonchev–Trinajstić information content (AvgIpc) is 3.52. The molecule has 0 aliphatic carbocycles. The van der Waals surface area contributed by atoms with Crippen LogP contribution in [-0.2, 0) is 10.2 Å². The van der Waals surface area contributed by atoms with Crippen molar-refractivity contribution in [3.63, 3.8) is 0 Å². The minimum absolute atomic E-state index is 0.0560. The minimum Gasteiger partial charge on any atom is -0.444 e. The molecule has 0 saturated carbocycles. The van der Waals surface area contributed by atoms with E-state index in [9.17, 15) is 9.59 Å². The Bertz CT molecular complexity index is 1780. The molecule has 0 bridgehead atoms. The van der Waals surface area contributed by atoms with Crippen LogP contribution in [0.3, 0.4) is 0 Å². The molecule has 0 radical (unpaired) electrons. The fourth-order valence-electron chi connectivity index (χ4n) is 5.41. The molecule has 3 aromatic heterocycles. The van der Waals surface area contributed by atoms with Crippen LogP contribution in [0.2, 0.25) is 0 Å². The van der Waals surface area contributed by atoms with E-state index in [4.69, 9.17) is 14.2 Å². The van der Waals surface area contributed by atoms with Crippen molar-refractivity contribution in [3.8, 4) is 11.3 Å². The van der Waals surface area contributed by atoms with Gasteiger partial charge < -0.3 is 29.7 Å². The van der Waals surface area contributed by atoms with Crippen molar-refractivity contribution in [3.05, 3.63) is 71.3 Å². The Labute approximate surface area is 281 Å². The maximum atomic E-state index is 12.8. The van der Waals surface area contributed by atoms with Gasteiger partial charge in [0.1, 0.15) is 23.6 Å². The number of anilines is 3. The number of nitrogens with zero attached hydrogens (tertiary/aromatic N) is 7. The van der Waals surface area contributed by atoms with Gasteiger partial charge in [0.25, 0.3) is 0 Å². The van der Waals surface area contributed by atoms with Crippen LogP contribution < -0.4 is 15.5 Å². The molecule has 0 unspecified atom stereocenters. The SMILES string of the molecule is Cc1cc(-c2cc(Nc3ccc(N4CCN(C(=O)OC(C)(C)C)CC4)c(C)n3)ncn2)ccc1[C@@H](C)NC(=O)c1nc(C(C)(C)C)no1. The lowest BCUT2D eigenvalue weighted by Crippen LogP contribution is -2.50. The summed E-state index contributed by atoms with van der Waals surface area (Å²) in [7, 11) is 0. The van der Waals surface area contributed by atoms with Gasteiger partial charge in [0.15, 0.2) is 5.82 Å². The Kier molecular flexibility index (Phi) is 9.69. The van der Waals surface area contributed by atoms with Crippen molar-refractivity contribution in [2.75, 3.05) is 36.4 Å². The Hall–Kier alpha value is -5.07. The van der Waals surface area contributed by atoms with Gasteiger partial charge in [-0.3, -0.25) is 4.79 Å². The second-order valence-electron chi connectivity index (χ2n) is 14.1. The average molecular weight is 656 g/mol. The maximum Gasteiger partial charge on any atom is 0.410 e. The molecule has 13 heteroatoms. The normalized spacial score (nSPS) is 14.4. The second-order valence-corrected chi connectivity index (χ2v) is 14.1. The number of hydrogen-bond donors (Lipinski definition) is 2. The van der Waals surface area contributed by atoms with Gasteiger partial charge in [-0.25, -0.2) is 19.7 Å². The topological polar surface area (TPSA) is 152 Å². The molecule has 1 aliphatic rings. The summed E-state index contributed by atoms with van der Waals surface area (Å²) in [4.78, 5) is 47.2. The molecule has 1 aliphatic heterocycles. The molecule has 1 fully saturated rings. The summed E-state index contributed by atoms with van der Waals surface area (Å²) in [5.74, 6) is 1.29. The van der Waals surface area contributed by atoms with Crippen molar-refractivity contribution in [1.82, 2.24) is 35.3 Å². The lowest BCUT2D eigenvalue weighted by atomic mass is 9.96. The molecule has 1 atom stereocenters. The van der Waals surface area contributed by atoms with Crippen LogP contribution in [0.5, 0.6) is 0 Å². The molecule has 13 nitrogen and oxygen atoms in total. The first kappa shape index (κ1) is 34.3. The highest BCUT2D eigenvalue weighted by Crippen LogP contribution is 2.28. The number of benzene rings is 1. The molecular formula is C35H45N9O4. The number of hydrogen-bond acceptors (Lipinski definition) is 11. The molecule has 254 valence electrons. The smallest absolute Gasteiger partial charge is 0.410 e. The molecule has 2 amide bonds. The number of aryl methyl sites for hydroxylation is 2. The van der Waals surface area contributed by atoms with E-state index in [2.05, 4.69) is 35.6 Å². The second kappa shape index (κ2) is 13.6. The standard InChI is InChI=1S/C35H45N9O4/c1-21-18-24(10-11-25(21)22(2)39-30(45)31-41-32(42-48-31)34(4,5)6)26-19-29(37-20-36-26)40-28-13-12-27(23(3)38-28)43-14-16-44(17-15-43)33(46)47-35(7,8)9/h10-13,18-20,22H,14-17H2,1-9H3,(H,39,45)(H,36,37,38,40)/t22-/m1/s1. The van der Waals surface area contributed by atoms with Crippen molar-refractivity contribution < 1.29 is 18.8 Å². The van der Waals surface area contributed by atoms with Crippen LogP contribution >= 0.6 is 0 Å². The number of pyridine rings is 1. The number of carbonyl (C=O) groups is 2. The van der Waals surface area contributed by atoms with Crippen molar-refractivity contribution in [1.29, 1.82) is 0 Å². The Balaban J connectivity index is 1.21. The summed E-state index contributed by atoms with van der Waals surface area (Å²) in [6.07, 6.45) is 1.24. The Morgan fingerprint density at radius 1 is 0.917 bits per heavy atom. The van der Waals surface area contributed by atoms with Gasteiger partial charge >= 0.3 is 17.9 Å². The largest absolute Gasteiger partial charge is 0.444 e. The van der Waals surface area contributed by atoms with Gasteiger partial charge in [-0.15, -0.1) is 0 Å². The summed E-state index contributed by atoms with van der Waals surface area (Å²) in [6, 6.07) is 11.6. The zero-order chi connectivity index (χ0) is 34.8. The third-order valence-corrected chi connectivity index (χ3v) is 7.92. The maximum absolute atomic E-state index is 12.8. The van der Waals surface area contributed by atoms with Crippen LogP contribution in [0.25, 0.3) is 11.3 Å². The van der Waals surface area contributed by atoms with Gasteiger partial charge in [0.05, 0.1) is 23.1 Å². The number of carbonyl (C=O) groups excluding carboxylic acids is 2. The molecular weight excluding hydrogens is 610 g/mol. The predicted octanol–water partition coefficient (Wildman–Crippen LogP) is 6.13. The number of rotatable bonds is 7. The van der Waals surface area contributed by atoms with Crippen LogP contribution in [0.1, 0.15) is 87.8 Å². The summed E-state index contributed by atoms with van der Waals surface area (Å²) in [5.41, 5.74) is 4.68. The highest BCUT2D eigenvalue weighted by atomic mass is 16.6. The quantitative estimate of drug-likeness (QED) is 0.237. The number of nitrogens with one attached hydrogen (secondary N) is 2. The summed E-state index contributed by atoms with van der Waals surface area (Å²) in [5, 5.41) is 10.2. The molecule has 5 rings (SSSR count). The van der Waals surface area contributed by atoms with Crippen molar-refractivity contribution in [2.24, 2.45) is 0 Å². The molecule has 48 heavy (non-hydrogen) atoms. The third kappa shape index (κ3) is 8.25. The van der Waals surface area contributed by atoms with Gasteiger partial charge in [-0.2, -0.15) is 4.98 Å². The third-order valence-electron chi connectivity index (χ3n) is 7.92. The molecule has 4 aromatic rings. The van der Waals surface area contributed by atoms with E-state index in [0.29, 0.717) is 43.6 Å². The summed E-state index contributed by atoms with van der Waals surface area (Å²) >= 11 is 0. The highest BCUT2D eigenvalue weighted by molar-refractivity contribution is 5.89. The number of amides is 2. The van der Waals surface area contributed by atoms with Crippen molar-refractivity contribution >= 4 is 29.3 Å². The minimum atomic E-state index is -0.514. The van der Waals surface area contributed by atoms with Crippen LogP contribution in [0.4, 0.5) is 22.1 Å². The predicted molar refractivity (Wildman–Crippen MR) is 183 cm³/mol. The van der Waals surface area contributed by atoms with E-state index in [1.165, 1.54) is 6.33 Å². The van der Waals surface area contributed by atoms with Crippen LogP contribution in [-0.4, -0.2) is 73.8 Å². The Morgan fingerprint density at radius 2 is 1.65 bits per heavy atom. The van der Waals surface area contributed by atoms with E-state index in [0.717, 1.165) is 33.8 Å². The van der Waals surface area contributed by atoms with E-state index >= 15 is 0 Å². The monoisotopic (exact) mass is 655 g/mol. The van der Waals surface area contributed by atoms with Crippen LogP contribution in [0.15, 0.2) is 47.2 Å². The van der Waals surface area contributed by atoms with Gasteiger partial charge in [-0.1, -0.05) is 38.1 Å². The van der Waals surface area contributed by atoms with Gasteiger partial charge in [0, 0.05) is 43.2 Å². The molecule has 2 N–H and O–H groups in total. The fraction of sp³-hybridized carbons (Fsp3) is 0.457.